The average Bonchev–Trinajstić information content (AvgIpc) is 3.33. The van der Waals surface area contributed by atoms with Gasteiger partial charge >= 0.3 is 6.18 Å². The fourth-order valence-corrected chi connectivity index (χ4v) is 4.35. The van der Waals surface area contributed by atoms with E-state index in [4.69, 9.17) is 9.15 Å². The van der Waals surface area contributed by atoms with Gasteiger partial charge in [-0.3, -0.25) is 4.79 Å². The Labute approximate surface area is 172 Å². The number of carbonyl (C=O) groups is 1. The third kappa shape index (κ3) is 3.82. The van der Waals surface area contributed by atoms with Crippen molar-refractivity contribution in [2.45, 2.75) is 44.7 Å². The van der Waals surface area contributed by atoms with E-state index in [9.17, 15) is 18.0 Å². The second-order valence-electron chi connectivity index (χ2n) is 8.42. The van der Waals surface area contributed by atoms with Crippen molar-refractivity contribution in [1.82, 2.24) is 15.1 Å². The number of benzene rings is 1. The van der Waals surface area contributed by atoms with Crippen LogP contribution in [0.3, 0.4) is 0 Å². The maximum absolute atomic E-state index is 13.1. The number of ether oxygens (including phenoxy) is 1. The summed E-state index contributed by atoms with van der Waals surface area (Å²) in [6, 6.07) is 4.35. The Kier molecular flexibility index (Phi) is 5.34. The molecular formula is C21H24F3N3O3. The molecule has 1 atom stereocenters. The topological polar surface area (TPSA) is 68.5 Å². The second-order valence-corrected chi connectivity index (χ2v) is 8.42. The monoisotopic (exact) mass is 423 g/mol. The minimum Gasteiger partial charge on any atom is -0.425 e. The van der Waals surface area contributed by atoms with Crippen molar-refractivity contribution in [2.24, 2.45) is 5.41 Å². The molecule has 0 radical (unpaired) electrons. The molecule has 3 heterocycles. The number of nitrogens with zero attached hydrogens (tertiary/aromatic N) is 3. The van der Waals surface area contributed by atoms with Crippen molar-refractivity contribution in [3.63, 3.8) is 0 Å². The normalized spacial score (nSPS) is 21.5. The molecule has 4 rings (SSSR count). The first-order chi connectivity index (χ1) is 14.2. The molecule has 2 aliphatic rings. The van der Waals surface area contributed by atoms with Crippen LogP contribution in [0.15, 0.2) is 28.7 Å². The van der Waals surface area contributed by atoms with Gasteiger partial charge in [0.1, 0.15) is 0 Å². The summed E-state index contributed by atoms with van der Waals surface area (Å²) in [4.78, 5) is 14.8. The summed E-state index contributed by atoms with van der Waals surface area (Å²) in [5.41, 5.74) is -0.772. The Morgan fingerprint density at radius 2 is 1.83 bits per heavy atom. The number of carbonyl (C=O) groups excluding carboxylic acids is 1. The lowest BCUT2D eigenvalue weighted by molar-refractivity contribution is -0.137. The summed E-state index contributed by atoms with van der Waals surface area (Å²) in [5, 5.41) is 8.39. The predicted octanol–water partition coefficient (Wildman–Crippen LogP) is 4.25. The molecule has 6 nitrogen and oxygen atoms in total. The summed E-state index contributed by atoms with van der Waals surface area (Å²) < 4.78 is 49.9. The van der Waals surface area contributed by atoms with Gasteiger partial charge < -0.3 is 14.1 Å². The smallest absolute Gasteiger partial charge is 0.416 e. The van der Waals surface area contributed by atoms with Gasteiger partial charge in [0.15, 0.2) is 0 Å². The van der Waals surface area contributed by atoms with Crippen molar-refractivity contribution < 1.29 is 27.1 Å². The summed E-state index contributed by atoms with van der Waals surface area (Å²) in [6.45, 7) is 5.99. The van der Waals surface area contributed by atoms with Crippen molar-refractivity contribution in [2.75, 3.05) is 26.3 Å². The minimum absolute atomic E-state index is 0.100. The fourth-order valence-electron chi connectivity index (χ4n) is 4.35. The van der Waals surface area contributed by atoms with Gasteiger partial charge in [0.25, 0.3) is 5.91 Å². The quantitative estimate of drug-likeness (QED) is 0.738. The van der Waals surface area contributed by atoms with E-state index in [1.807, 2.05) is 13.8 Å². The molecule has 1 aromatic heterocycles. The highest BCUT2D eigenvalue weighted by atomic mass is 19.4. The zero-order chi connectivity index (χ0) is 21.5. The Morgan fingerprint density at radius 3 is 2.40 bits per heavy atom. The summed E-state index contributed by atoms with van der Waals surface area (Å²) in [5.74, 6) is 0.756. The molecule has 2 saturated heterocycles. The number of halogens is 3. The molecule has 0 N–H and O–H groups in total. The van der Waals surface area contributed by atoms with Gasteiger partial charge in [0.2, 0.25) is 11.8 Å². The molecule has 2 fully saturated rings. The maximum Gasteiger partial charge on any atom is 0.416 e. The average molecular weight is 423 g/mol. The van der Waals surface area contributed by atoms with Gasteiger partial charge in [-0.2, -0.15) is 13.2 Å². The molecule has 30 heavy (non-hydrogen) atoms. The fraction of sp³-hybridized carbons (Fsp3) is 0.571. The van der Waals surface area contributed by atoms with Crippen LogP contribution >= 0.6 is 0 Å². The number of likely N-dealkylation sites (tertiary alicyclic amines) is 1. The first-order valence-electron chi connectivity index (χ1n) is 10.1. The van der Waals surface area contributed by atoms with Crippen LogP contribution in [0.1, 0.15) is 66.2 Å². The summed E-state index contributed by atoms with van der Waals surface area (Å²) in [7, 11) is 0. The molecule has 1 aromatic carbocycles. The second kappa shape index (κ2) is 7.68. The van der Waals surface area contributed by atoms with Crippen LogP contribution in [-0.2, 0) is 10.9 Å². The van der Waals surface area contributed by atoms with E-state index in [1.54, 1.807) is 4.90 Å². The molecule has 2 aromatic rings. The molecule has 162 valence electrons. The number of amides is 1. The third-order valence-corrected chi connectivity index (χ3v) is 6.13. The zero-order valence-corrected chi connectivity index (χ0v) is 16.9. The largest absolute Gasteiger partial charge is 0.425 e. The van der Waals surface area contributed by atoms with Crippen LogP contribution in [-0.4, -0.2) is 47.3 Å². The van der Waals surface area contributed by atoms with Crippen molar-refractivity contribution in [3.8, 4) is 0 Å². The molecule has 0 saturated carbocycles. The lowest BCUT2D eigenvalue weighted by atomic mass is 9.72. The van der Waals surface area contributed by atoms with Crippen LogP contribution in [0.2, 0.25) is 0 Å². The van der Waals surface area contributed by atoms with Crippen LogP contribution < -0.4 is 0 Å². The first kappa shape index (κ1) is 20.8. The molecule has 1 unspecified atom stereocenters. The SMILES string of the molecule is CC(C)c1nnc(C2CN(C(=O)c3ccc(C(F)(F)F)cc3)CC23CCOCC3)o1. The lowest BCUT2D eigenvalue weighted by Crippen LogP contribution is -2.37. The van der Waals surface area contributed by atoms with E-state index in [2.05, 4.69) is 10.2 Å². The van der Waals surface area contributed by atoms with E-state index in [0.29, 0.717) is 38.1 Å². The molecule has 0 bridgehead atoms. The number of rotatable bonds is 3. The van der Waals surface area contributed by atoms with E-state index in [1.165, 1.54) is 12.1 Å². The lowest BCUT2D eigenvalue weighted by Gasteiger charge is -2.36. The Balaban J connectivity index is 1.59. The third-order valence-electron chi connectivity index (χ3n) is 6.13. The van der Waals surface area contributed by atoms with Crippen molar-refractivity contribution in [3.05, 3.63) is 47.2 Å². The van der Waals surface area contributed by atoms with Crippen LogP contribution in [0.4, 0.5) is 13.2 Å². The number of alkyl halides is 3. The highest BCUT2D eigenvalue weighted by molar-refractivity contribution is 5.94. The highest BCUT2D eigenvalue weighted by Gasteiger charge is 2.51. The van der Waals surface area contributed by atoms with Gasteiger partial charge in [0.05, 0.1) is 11.5 Å². The summed E-state index contributed by atoms with van der Waals surface area (Å²) >= 11 is 0. The Morgan fingerprint density at radius 1 is 1.17 bits per heavy atom. The maximum atomic E-state index is 13.1. The number of aromatic nitrogens is 2. The molecule has 0 aliphatic carbocycles. The number of hydrogen-bond acceptors (Lipinski definition) is 5. The first-order valence-corrected chi connectivity index (χ1v) is 10.1. The van der Waals surface area contributed by atoms with Crippen LogP contribution in [0.25, 0.3) is 0 Å². The molecule has 9 heteroatoms. The Bertz CT molecular complexity index is 902. The molecule has 2 aliphatic heterocycles. The van der Waals surface area contributed by atoms with Crippen LogP contribution in [0, 0.1) is 5.41 Å². The van der Waals surface area contributed by atoms with Crippen molar-refractivity contribution >= 4 is 5.91 Å². The highest BCUT2D eigenvalue weighted by Crippen LogP contribution is 2.49. The van der Waals surface area contributed by atoms with E-state index in [-0.39, 0.29) is 28.7 Å². The standard InChI is InChI=1S/C21H24F3N3O3/c1-13(2)17-25-26-18(30-17)16-11-27(12-20(16)7-9-29-10-8-20)19(28)14-3-5-15(6-4-14)21(22,23)24/h3-6,13,16H,7-12H2,1-2H3. The Hall–Kier alpha value is -2.42. The zero-order valence-electron chi connectivity index (χ0n) is 16.9. The van der Waals surface area contributed by atoms with Gasteiger partial charge in [0, 0.05) is 43.2 Å². The predicted molar refractivity (Wildman–Crippen MR) is 101 cm³/mol. The van der Waals surface area contributed by atoms with E-state index < -0.39 is 11.7 Å². The molecule has 1 spiro atoms. The van der Waals surface area contributed by atoms with Gasteiger partial charge in [-0.05, 0) is 37.1 Å². The van der Waals surface area contributed by atoms with E-state index in [0.717, 1.165) is 25.0 Å². The number of hydrogen-bond donors (Lipinski definition) is 0. The van der Waals surface area contributed by atoms with Crippen LogP contribution in [0.5, 0.6) is 0 Å². The summed E-state index contributed by atoms with van der Waals surface area (Å²) in [6.07, 6.45) is -2.92. The molecular weight excluding hydrogens is 399 g/mol. The van der Waals surface area contributed by atoms with Gasteiger partial charge in [-0.1, -0.05) is 13.8 Å². The minimum atomic E-state index is -4.43. The van der Waals surface area contributed by atoms with Crippen molar-refractivity contribution in [1.29, 1.82) is 0 Å². The molecule has 1 amide bonds. The van der Waals surface area contributed by atoms with Gasteiger partial charge in [-0.25, -0.2) is 0 Å². The van der Waals surface area contributed by atoms with Gasteiger partial charge in [-0.15, -0.1) is 10.2 Å². The van der Waals surface area contributed by atoms with E-state index >= 15 is 0 Å².